The van der Waals surface area contributed by atoms with Crippen LogP contribution < -0.4 is 0 Å². The van der Waals surface area contributed by atoms with Crippen LogP contribution in [0.2, 0.25) is 0 Å². The van der Waals surface area contributed by atoms with E-state index in [1.807, 2.05) is 6.07 Å². The third-order valence-corrected chi connectivity index (χ3v) is 10.1. The smallest absolute Gasteiger partial charge is 0.164 e. The largest absolute Gasteiger partial charge is 0.208 e. The van der Waals surface area contributed by atoms with Gasteiger partial charge < -0.3 is 0 Å². The molecule has 3 nitrogen and oxygen atoms in total. The number of nitrogens with zero attached hydrogens (tertiary/aromatic N) is 3. The summed E-state index contributed by atoms with van der Waals surface area (Å²) in [6.45, 7) is 0. The lowest BCUT2D eigenvalue weighted by Gasteiger charge is -2.14. The summed E-state index contributed by atoms with van der Waals surface area (Å²) in [5, 5.41) is 9.80. The summed E-state index contributed by atoms with van der Waals surface area (Å²) < 4.78 is 0. The van der Waals surface area contributed by atoms with E-state index in [0.717, 1.165) is 38.8 Å². The zero-order valence-electron chi connectivity index (χ0n) is 28.2. The van der Waals surface area contributed by atoms with E-state index in [-0.39, 0.29) is 0 Å². The molecule has 10 aromatic rings. The maximum atomic E-state index is 5.11. The molecule has 0 atom stereocenters. The third-order valence-electron chi connectivity index (χ3n) is 10.1. The van der Waals surface area contributed by atoms with Gasteiger partial charge in [-0.05, 0) is 83.5 Å². The highest BCUT2D eigenvalue weighted by atomic mass is 15.0. The maximum absolute atomic E-state index is 5.11. The minimum Gasteiger partial charge on any atom is -0.208 e. The molecule has 9 aromatic carbocycles. The second-order valence-electron chi connectivity index (χ2n) is 13.2. The van der Waals surface area contributed by atoms with Crippen LogP contribution in [0.25, 0.3) is 99.5 Å². The Morgan fingerprint density at radius 1 is 0.231 bits per heavy atom. The van der Waals surface area contributed by atoms with Crippen molar-refractivity contribution in [1.29, 1.82) is 0 Å². The van der Waals surface area contributed by atoms with Crippen molar-refractivity contribution < 1.29 is 0 Å². The normalized spacial score (nSPS) is 11.5. The van der Waals surface area contributed by atoms with Crippen LogP contribution in [0.1, 0.15) is 0 Å². The molecule has 10 rings (SSSR count). The van der Waals surface area contributed by atoms with Gasteiger partial charge in [-0.3, -0.25) is 0 Å². The number of rotatable bonds is 5. The Labute approximate surface area is 301 Å². The second-order valence-corrected chi connectivity index (χ2v) is 13.2. The van der Waals surface area contributed by atoms with Crippen molar-refractivity contribution in [2.75, 3.05) is 0 Å². The lowest BCUT2D eigenvalue weighted by Crippen LogP contribution is -2.00. The summed E-state index contributed by atoms with van der Waals surface area (Å²) in [4.78, 5) is 15.3. The predicted octanol–water partition coefficient (Wildman–Crippen LogP) is 12.8. The first kappa shape index (κ1) is 29.9. The highest BCUT2D eigenvalue weighted by Gasteiger charge is 2.16. The van der Waals surface area contributed by atoms with Gasteiger partial charge in [0.05, 0.1) is 0 Å². The minimum atomic E-state index is 0.638. The van der Waals surface area contributed by atoms with Crippen LogP contribution in [0.3, 0.4) is 0 Å². The number of fused-ring (bicyclic) bond motifs is 5. The van der Waals surface area contributed by atoms with Gasteiger partial charge in [0.1, 0.15) is 0 Å². The highest BCUT2D eigenvalue weighted by molar-refractivity contribution is 6.20. The molecule has 0 N–H and O–H groups in total. The molecule has 52 heavy (non-hydrogen) atoms. The van der Waals surface area contributed by atoms with Gasteiger partial charge in [0, 0.05) is 16.7 Å². The van der Waals surface area contributed by atoms with Crippen molar-refractivity contribution in [2.45, 2.75) is 0 Å². The summed E-state index contributed by atoms with van der Waals surface area (Å²) in [7, 11) is 0. The van der Waals surface area contributed by atoms with Crippen molar-refractivity contribution in [3.8, 4) is 56.4 Å². The van der Waals surface area contributed by atoms with Crippen molar-refractivity contribution >= 4 is 43.1 Å². The molecule has 0 aliphatic heterocycles. The molecule has 0 aliphatic carbocycles. The molecule has 0 unspecified atom stereocenters. The Bertz CT molecular complexity index is 2950. The number of aromatic nitrogens is 3. The Morgan fingerprint density at radius 3 is 1.56 bits per heavy atom. The molecule has 0 saturated heterocycles. The van der Waals surface area contributed by atoms with E-state index in [0.29, 0.717) is 17.5 Å². The van der Waals surface area contributed by atoms with Gasteiger partial charge >= 0.3 is 0 Å². The van der Waals surface area contributed by atoms with Gasteiger partial charge in [-0.15, -0.1) is 0 Å². The lowest BCUT2D eigenvalue weighted by atomic mass is 9.89. The zero-order chi connectivity index (χ0) is 34.4. The Hall–Kier alpha value is -6.97. The fourth-order valence-electron chi connectivity index (χ4n) is 7.48. The maximum Gasteiger partial charge on any atom is 0.164 e. The fraction of sp³-hybridized carbons (Fsp3) is 0. The second kappa shape index (κ2) is 12.4. The predicted molar refractivity (Wildman–Crippen MR) is 217 cm³/mol. The van der Waals surface area contributed by atoms with Crippen molar-refractivity contribution in [3.63, 3.8) is 0 Å². The van der Waals surface area contributed by atoms with E-state index in [1.165, 1.54) is 43.3 Å². The van der Waals surface area contributed by atoms with Crippen LogP contribution in [-0.4, -0.2) is 15.0 Å². The van der Waals surface area contributed by atoms with Gasteiger partial charge in [-0.2, -0.15) is 0 Å². The van der Waals surface area contributed by atoms with E-state index >= 15 is 0 Å². The monoisotopic (exact) mass is 661 g/mol. The average Bonchev–Trinajstić information content (AvgIpc) is 3.23. The molecule has 0 amide bonds. The highest BCUT2D eigenvalue weighted by Crippen LogP contribution is 2.40. The lowest BCUT2D eigenvalue weighted by molar-refractivity contribution is 1.07. The molecule has 0 bridgehead atoms. The van der Waals surface area contributed by atoms with E-state index in [1.54, 1.807) is 0 Å². The zero-order valence-corrected chi connectivity index (χ0v) is 28.2. The molecule has 0 spiro atoms. The van der Waals surface area contributed by atoms with Gasteiger partial charge in [0.2, 0.25) is 0 Å². The van der Waals surface area contributed by atoms with Crippen molar-refractivity contribution in [2.24, 2.45) is 0 Å². The quantitative estimate of drug-likeness (QED) is 0.136. The summed E-state index contributed by atoms with van der Waals surface area (Å²) in [6, 6.07) is 66.5. The standard InChI is InChI=1S/C49H31N3/c1-2-11-32(12-3-1)38-17-10-18-40(29-38)48-50-47(51-49(52-48)41-26-21-33-13-4-5-15-37(33)30-41)36-24-22-35(23-25-36)46-43-20-9-7-16-39(43)31-45-42-19-8-6-14-34(42)27-28-44(45)46/h1-31H. The van der Waals surface area contributed by atoms with Crippen LogP contribution >= 0.6 is 0 Å². The van der Waals surface area contributed by atoms with Crippen LogP contribution in [-0.2, 0) is 0 Å². The summed E-state index contributed by atoms with van der Waals surface area (Å²) in [5.41, 5.74) is 7.48. The number of hydrogen-bond donors (Lipinski definition) is 0. The van der Waals surface area contributed by atoms with Gasteiger partial charge in [-0.25, -0.2) is 15.0 Å². The van der Waals surface area contributed by atoms with E-state index in [2.05, 4.69) is 182 Å². The third kappa shape index (κ3) is 5.28. The minimum absolute atomic E-state index is 0.638. The molecule has 242 valence electrons. The Balaban J connectivity index is 1.13. The number of hydrogen-bond acceptors (Lipinski definition) is 3. The van der Waals surface area contributed by atoms with Gasteiger partial charge in [0.25, 0.3) is 0 Å². The fourth-order valence-corrected chi connectivity index (χ4v) is 7.48. The van der Waals surface area contributed by atoms with Gasteiger partial charge in [-0.1, -0.05) is 170 Å². The Kier molecular flexibility index (Phi) is 7.14. The van der Waals surface area contributed by atoms with Crippen molar-refractivity contribution in [3.05, 3.63) is 188 Å². The molecule has 0 saturated carbocycles. The van der Waals surface area contributed by atoms with Crippen LogP contribution in [0.5, 0.6) is 0 Å². The molecule has 3 heteroatoms. The average molecular weight is 662 g/mol. The molecular formula is C49H31N3. The van der Waals surface area contributed by atoms with E-state index in [9.17, 15) is 0 Å². The van der Waals surface area contributed by atoms with E-state index < -0.39 is 0 Å². The Morgan fingerprint density at radius 2 is 0.769 bits per heavy atom. The molecule has 1 heterocycles. The number of benzene rings is 9. The van der Waals surface area contributed by atoms with Crippen LogP contribution in [0.4, 0.5) is 0 Å². The topological polar surface area (TPSA) is 38.7 Å². The molecular weight excluding hydrogens is 631 g/mol. The molecule has 1 aromatic heterocycles. The summed E-state index contributed by atoms with van der Waals surface area (Å²) in [6.07, 6.45) is 0. The van der Waals surface area contributed by atoms with Crippen molar-refractivity contribution in [1.82, 2.24) is 15.0 Å². The first-order chi connectivity index (χ1) is 25.7. The summed E-state index contributed by atoms with van der Waals surface area (Å²) >= 11 is 0. The van der Waals surface area contributed by atoms with E-state index in [4.69, 9.17) is 15.0 Å². The molecule has 0 aliphatic rings. The van der Waals surface area contributed by atoms with Gasteiger partial charge in [0.15, 0.2) is 17.5 Å². The SMILES string of the molecule is c1ccc(-c2cccc(-c3nc(-c4ccc(-c5c6ccccc6cc6c5ccc5ccccc56)cc4)nc(-c4ccc5ccccc5c4)n3)c2)cc1. The first-order valence-corrected chi connectivity index (χ1v) is 17.6. The molecule has 0 fully saturated rings. The van der Waals surface area contributed by atoms with Crippen LogP contribution in [0.15, 0.2) is 188 Å². The van der Waals surface area contributed by atoms with Crippen LogP contribution in [0, 0.1) is 0 Å². The summed E-state index contributed by atoms with van der Waals surface area (Å²) in [5.74, 6) is 1.92. The molecule has 0 radical (unpaired) electrons. The first-order valence-electron chi connectivity index (χ1n) is 17.6.